The predicted molar refractivity (Wildman–Crippen MR) is 130 cm³/mol. The van der Waals surface area contributed by atoms with Gasteiger partial charge in [-0.3, -0.25) is 9.59 Å². The van der Waals surface area contributed by atoms with Crippen molar-refractivity contribution in [2.45, 2.75) is 24.7 Å². The van der Waals surface area contributed by atoms with Crippen LogP contribution in [-0.4, -0.2) is 37.6 Å². The lowest BCUT2D eigenvalue weighted by Gasteiger charge is -2.29. The van der Waals surface area contributed by atoms with Gasteiger partial charge in [0.15, 0.2) is 0 Å². The van der Waals surface area contributed by atoms with Crippen molar-refractivity contribution in [1.29, 1.82) is 0 Å². The zero-order valence-electron chi connectivity index (χ0n) is 18.2. The molecular formula is C24H25N3O4S2. The lowest BCUT2D eigenvalue weighted by molar-refractivity contribution is 0.101. The van der Waals surface area contributed by atoms with E-state index in [9.17, 15) is 18.0 Å². The van der Waals surface area contributed by atoms with Crippen molar-refractivity contribution < 1.29 is 18.0 Å². The molecule has 3 aromatic rings. The molecule has 1 fully saturated rings. The first kappa shape index (κ1) is 23.2. The van der Waals surface area contributed by atoms with E-state index in [1.807, 2.05) is 5.38 Å². The van der Waals surface area contributed by atoms with Gasteiger partial charge in [-0.25, -0.2) is 8.42 Å². The Kier molecular flexibility index (Phi) is 6.92. The van der Waals surface area contributed by atoms with Crippen molar-refractivity contribution in [2.24, 2.45) is 5.92 Å². The second kappa shape index (κ2) is 9.86. The zero-order chi connectivity index (χ0) is 23.4. The average Bonchev–Trinajstić information content (AvgIpc) is 3.35. The van der Waals surface area contributed by atoms with Crippen LogP contribution in [0.4, 0.5) is 11.4 Å². The van der Waals surface area contributed by atoms with Crippen LogP contribution in [0.25, 0.3) is 0 Å². The molecule has 0 atom stereocenters. The van der Waals surface area contributed by atoms with Crippen molar-refractivity contribution in [2.75, 3.05) is 23.7 Å². The minimum Gasteiger partial charge on any atom is -0.322 e. The summed E-state index contributed by atoms with van der Waals surface area (Å²) >= 11 is 1.34. The number of nitrogens with one attached hydrogen (secondary N) is 2. The van der Waals surface area contributed by atoms with Crippen LogP contribution in [-0.2, 0) is 10.0 Å². The van der Waals surface area contributed by atoms with Gasteiger partial charge in [-0.1, -0.05) is 19.1 Å². The van der Waals surface area contributed by atoms with Gasteiger partial charge in [0.05, 0.1) is 9.77 Å². The summed E-state index contributed by atoms with van der Waals surface area (Å²) in [5.74, 6) is -0.0538. The fraction of sp³-hybridized carbons (Fsp3) is 0.250. The van der Waals surface area contributed by atoms with Crippen LogP contribution in [0, 0.1) is 5.92 Å². The number of rotatable bonds is 6. The van der Waals surface area contributed by atoms with Crippen molar-refractivity contribution in [1.82, 2.24) is 4.31 Å². The molecule has 1 aliphatic rings. The predicted octanol–water partition coefficient (Wildman–Crippen LogP) is 4.67. The Morgan fingerprint density at radius 1 is 0.909 bits per heavy atom. The van der Waals surface area contributed by atoms with Gasteiger partial charge in [-0.05, 0) is 72.7 Å². The van der Waals surface area contributed by atoms with Crippen LogP contribution in [0.5, 0.6) is 0 Å². The maximum Gasteiger partial charge on any atom is 0.265 e. The van der Waals surface area contributed by atoms with Crippen LogP contribution in [0.2, 0.25) is 0 Å². The Morgan fingerprint density at radius 2 is 1.61 bits per heavy atom. The second-order valence-electron chi connectivity index (χ2n) is 8.08. The van der Waals surface area contributed by atoms with Crippen LogP contribution >= 0.6 is 11.3 Å². The highest BCUT2D eigenvalue weighted by Gasteiger charge is 2.27. The number of sulfonamides is 1. The van der Waals surface area contributed by atoms with E-state index in [4.69, 9.17) is 0 Å². The van der Waals surface area contributed by atoms with Gasteiger partial charge in [-0.15, -0.1) is 11.3 Å². The monoisotopic (exact) mass is 483 g/mol. The Balaban J connectivity index is 1.41. The smallest absolute Gasteiger partial charge is 0.265 e. The van der Waals surface area contributed by atoms with Gasteiger partial charge in [0.25, 0.3) is 11.8 Å². The lowest BCUT2D eigenvalue weighted by Crippen LogP contribution is -2.37. The molecule has 172 valence electrons. The van der Waals surface area contributed by atoms with Crippen molar-refractivity contribution in [3.63, 3.8) is 0 Å². The third-order valence-electron chi connectivity index (χ3n) is 5.62. The number of piperidine rings is 1. The standard InChI is InChI=1S/C24H25N3O4S2/c1-17-11-13-27(14-12-17)33(30,31)21-9-7-19(8-10-21)25-23(28)18-4-2-5-20(16-18)26-24(29)22-6-3-15-32-22/h2-10,15-17H,11-14H2,1H3,(H,25,28)(H,26,29). The number of hydrogen-bond acceptors (Lipinski definition) is 5. The molecule has 0 aliphatic carbocycles. The molecule has 1 aromatic heterocycles. The third kappa shape index (κ3) is 5.50. The molecule has 9 heteroatoms. The van der Waals surface area contributed by atoms with Gasteiger partial charge in [0, 0.05) is 30.0 Å². The maximum absolute atomic E-state index is 12.9. The summed E-state index contributed by atoms with van der Waals surface area (Å²) in [6.07, 6.45) is 1.72. The minimum atomic E-state index is -3.54. The van der Waals surface area contributed by atoms with E-state index in [1.165, 1.54) is 27.8 Å². The highest BCUT2D eigenvalue weighted by molar-refractivity contribution is 7.89. The molecule has 0 radical (unpaired) electrons. The fourth-order valence-corrected chi connectivity index (χ4v) is 5.72. The summed E-state index contributed by atoms with van der Waals surface area (Å²) in [6, 6.07) is 16.4. The first-order valence-electron chi connectivity index (χ1n) is 10.7. The molecule has 2 N–H and O–H groups in total. The summed E-state index contributed by atoms with van der Waals surface area (Å²) < 4.78 is 27.3. The van der Waals surface area contributed by atoms with Crippen LogP contribution in [0.1, 0.15) is 39.8 Å². The van der Waals surface area contributed by atoms with E-state index in [1.54, 1.807) is 48.5 Å². The molecule has 2 amide bonds. The van der Waals surface area contributed by atoms with E-state index in [0.717, 1.165) is 12.8 Å². The van der Waals surface area contributed by atoms with Gasteiger partial charge in [0.2, 0.25) is 10.0 Å². The highest BCUT2D eigenvalue weighted by Crippen LogP contribution is 2.24. The van der Waals surface area contributed by atoms with E-state index in [2.05, 4.69) is 17.6 Å². The van der Waals surface area contributed by atoms with Crippen LogP contribution < -0.4 is 10.6 Å². The number of nitrogens with zero attached hydrogens (tertiary/aromatic N) is 1. The van der Waals surface area contributed by atoms with Crippen molar-refractivity contribution in [3.8, 4) is 0 Å². The van der Waals surface area contributed by atoms with Gasteiger partial charge < -0.3 is 10.6 Å². The quantitative estimate of drug-likeness (QED) is 0.532. The number of thiophene rings is 1. The van der Waals surface area contributed by atoms with E-state index in [-0.39, 0.29) is 16.7 Å². The minimum absolute atomic E-state index is 0.216. The van der Waals surface area contributed by atoms with E-state index < -0.39 is 10.0 Å². The Bertz CT molecular complexity index is 1230. The fourth-order valence-electron chi connectivity index (χ4n) is 3.63. The van der Waals surface area contributed by atoms with E-state index in [0.29, 0.717) is 40.8 Å². The molecule has 4 rings (SSSR count). The average molecular weight is 484 g/mol. The number of carbonyl (C=O) groups excluding carboxylic acids is 2. The molecule has 0 bridgehead atoms. The normalized spacial score (nSPS) is 15.2. The molecule has 33 heavy (non-hydrogen) atoms. The van der Waals surface area contributed by atoms with Crippen molar-refractivity contribution >= 4 is 44.5 Å². The first-order valence-corrected chi connectivity index (χ1v) is 13.0. The Labute approximate surface area is 197 Å². The SMILES string of the molecule is CC1CCN(S(=O)(=O)c2ccc(NC(=O)c3cccc(NC(=O)c4cccs4)c3)cc2)CC1. The van der Waals surface area contributed by atoms with Gasteiger partial charge in [-0.2, -0.15) is 4.31 Å². The second-order valence-corrected chi connectivity index (χ2v) is 11.0. The largest absolute Gasteiger partial charge is 0.322 e. The van der Waals surface area contributed by atoms with E-state index >= 15 is 0 Å². The topological polar surface area (TPSA) is 95.6 Å². The summed E-state index contributed by atoms with van der Waals surface area (Å²) in [7, 11) is -3.54. The third-order valence-corrected chi connectivity index (χ3v) is 8.40. The highest BCUT2D eigenvalue weighted by atomic mass is 32.2. The maximum atomic E-state index is 12.9. The molecule has 0 spiro atoms. The van der Waals surface area contributed by atoms with Crippen molar-refractivity contribution in [3.05, 3.63) is 76.5 Å². The van der Waals surface area contributed by atoms with Gasteiger partial charge >= 0.3 is 0 Å². The molecule has 2 aromatic carbocycles. The zero-order valence-corrected chi connectivity index (χ0v) is 19.8. The number of hydrogen-bond donors (Lipinski definition) is 2. The summed E-state index contributed by atoms with van der Waals surface area (Å²) in [5, 5.41) is 7.38. The summed E-state index contributed by atoms with van der Waals surface area (Å²) in [4.78, 5) is 25.7. The number of anilines is 2. The van der Waals surface area contributed by atoms with Gasteiger partial charge in [0.1, 0.15) is 0 Å². The molecule has 2 heterocycles. The Hall–Kier alpha value is -3.01. The summed E-state index contributed by atoms with van der Waals surface area (Å²) in [5.41, 5.74) is 1.37. The molecule has 1 saturated heterocycles. The molecule has 7 nitrogen and oxygen atoms in total. The van der Waals surface area contributed by atoms with Crippen LogP contribution in [0.15, 0.2) is 70.9 Å². The molecule has 0 saturated carbocycles. The lowest BCUT2D eigenvalue weighted by atomic mass is 10.0. The number of carbonyl (C=O) groups is 2. The summed E-state index contributed by atoms with van der Waals surface area (Å²) in [6.45, 7) is 3.19. The molecule has 0 unspecified atom stereocenters. The number of benzene rings is 2. The molecular weight excluding hydrogens is 458 g/mol. The number of amides is 2. The van der Waals surface area contributed by atoms with Crippen LogP contribution in [0.3, 0.4) is 0 Å². The molecule has 1 aliphatic heterocycles. The first-order chi connectivity index (χ1) is 15.8. The Morgan fingerprint density at radius 3 is 2.27 bits per heavy atom.